The summed E-state index contributed by atoms with van der Waals surface area (Å²) in [5.41, 5.74) is 1.20. The summed E-state index contributed by atoms with van der Waals surface area (Å²) >= 11 is 3.40. The van der Waals surface area contributed by atoms with Gasteiger partial charge in [0.25, 0.3) is 0 Å². The molecule has 0 aliphatic carbocycles. The van der Waals surface area contributed by atoms with Gasteiger partial charge in [-0.1, -0.05) is 29.8 Å². The van der Waals surface area contributed by atoms with Gasteiger partial charge in [-0.3, -0.25) is 4.68 Å². The third-order valence-corrected chi connectivity index (χ3v) is 3.33. The molecular weight excluding hydrogens is 318 g/mol. The van der Waals surface area contributed by atoms with Crippen LogP contribution in [0, 0.1) is 0 Å². The highest BCUT2D eigenvalue weighted by atomic mass is 79.9. The third-order valence-electron chi connectivity index (χ3n) is 2.80. The molecule has 0 saturated carbocycles. The molecule has 0 fully saturated rings. The first-order valence-electron chi connectivity index (χ1n) is 6.76. The molecule has 0 aliphatic heterocycles. The van der Waals surface area contributed by atoms with Crippen molar-refractivity contribution in [2.75, 3.05) is 6.61 Å². The maximum Gasteiger partial charge on any atom is 0.119 e. The molecule has 4 nitrogen and oxygen atoms in total. The average molecular weight is 338 g/mol. The zero-order valence-electron chi connectivity index (χ0n) is 11.8. The Balaban J connectivity index is 1.75. The van der Waals surface area contributed by atoms with Gasteiger partial charge in [0.1, 0.15) is 12.4 Å². The molecule has 1 aromatic carbocycles. The van der Waals surface area contributed by atoms with Crippen molar-refractivity contribution in [2.45, 2.75) is 33.0 Å². The van der Waals surface area contributed by atoms with Gasteiger partial charge in [-0.05, 0) is 24.3 Å². The van der Waals surface area contributed by atoms with Gasteiger partial charge in [0, 0.05) is 28.8 Å². The third kappa shape index (κ3) is 4.98. The highest BCUT2D eigenvalue weighted by Crippen LogP contribution is 2.15. The minimum Gasteiger partial charge on any atom is -0.492 e. The van der Waals surface area contributed by atoms with Crippen LogP contribution >= 0.6 is 15.9 Å². The van der Waals surface area contributed by atoms with Gasteiger partial charge in [0.05, 0.1) is 12.7 Å². The predicted molar refractivity (Wildman–Crippen MR) is 83.8 cm³/mol. The Morgan fingerprint density at radius 1 is 1.30 bits per heavy atom. The van der Waals surface area contributed by atoms with E-state index in [1.807, 2.05) is 35.1 Å². The summed E-state index contributed by atoms with van der Waals surface area (Å²) in [6, 6.07) is 8.33. The number of ether oxygens (including phenoxy) is 1. The number of rotatable bonds is 7. The maximum absolute atomic E-state index is 5.68. The van der Waals surface area contributed by atoms with Gasteiger partial charge >= 0.3 is 0 Å². The summed E-state index contributed by atoms with van der Waals surface area (Å²) in [4.78, 5) is 0. The fraction of sp³-hybridized carbons (Fsp3) is 0.400. The normalized spacial score (nSPS) is 11.0. The molecule has 0 saturated heterocycles. The van der Waals surface area contributed by atoms with Gasteiger partial charge in [-0.25, -0.2) is 0 Å². The van der Waals surface area contributed by atoms with Crippen LogP contribution in [0.5, 0.6) is 5.75 Å². The van der Waals surface area contributed by atoms with Gasteiger partial charge in [0.2, 0.25) is 0 Å². The summed E-state index contributed by atoms with van der Waals surface area (Å²) < 4.78 is 8.64. The molecule has 1 aromatic heterocycles. The molecule has 0 bridgehead atoms. The molecule has 0 spiro atoms. The Labute approximate surface area is 128 Å². The Morgan fingerprint density at radius 3 is 2.75 bits per heavy atom. The molecule has 0 amide bonds. The molecule has 0 radical (unpaired) electrons. The lowest BCUT2D eigenvalue weighted by atomic mass is 10.3. The van der Waals surface area contributed by atoms with Crippen LogP contribution in [0.2, 0.25) is 0 Å². The predicted octanol–water partition coefficient (Wildman–Crippen LogP) is 3.22. The zero-order chi connectivity index (χ0) is 14.4. The van der Waals surface area contributed by atoms with Crippen LogP contribution in [0.4, 0.5) is 0 Å². The summed E-state index contributed by atoms with van der Waals surface area (Å²) in [6.45, 7) is 6.48. The molecule has 1 N–H and O–H groups in total. The quantitative estimate of drug-likeness (QED) is 0.843. The lowest BCUT2D eigenvalue weighted by molar-refractivity contribution is 0.291. The van der Waals surface area contributed by atoms with Crippen molar-refractivity contribution in [1.29, 1.82) is 0 Å². The number of aromatic nitrogens is 2. The van der Waals surface area contributed by atoms with Gasteiger partial charge < -0.3 is 10.1 Å². The molecule has 0 unspecified atom stereocenters. The van der Waals surface area contributed by atoms with Crippen molar-refractivity contribution < 1.29 is 4.74 Å². The smallest absolute Gasteiger partial charge is 0.119 e. The summed E-state index contributed by atoms with van der Waals surface area (Å²) in [7, 11) is 0. The van der Waals surface area contributed by atoms with E-state index in [9.17, 15) is 0 Å². The van der Waals surface area contributed by atoms with E-state index in [-0.39, 0.29) is 0 Å². The van der Waals surface area contributed by atoms with Crippen molar-refractivity contribution >= 4 is 15.9 Å². The fourth-order valence-electron chi connectivity index (χ4n) is 1.73. The molecule has 1 heterocycles. The minimum atomic E-state index is 0.485. The Morgan fingerprint density at radius 2 is 2.05 bits per heavy atom. The number of hydrogen-bond donors (Lipinski definition) is 1. The molecule has 2 aromatic rings. The SMILES string of the molecule is CC(C)NCc1cnn(CCOc2ccc(Br)cc2)c1. The van der Waals surface area contributed by atoms with Crippen molar-refractivity contribution in [3.8, 4) is 5.75 Å². The topological polar surface area (TPSA) is 39.1 Å². The monoisotopic (exact) mass is 337 g/mol. The summed E-state index contributed by atoms with van der Waals surface area (Å²) in [5, 5.41) is 7.70. The summed E-state index contributed by atoms with van der Waals surface area (Å²) in [6.07, 6.45) is 3.95. The largest absolute Gasteiger partial charge is 0.492 e. The molecule has 108 valence electrons. The van der Waals surface area contributed by atoms with E-state index >= 15 is 0 Å². The standard InChI is InChI=1S/C15H20BrN3O/c1-12(2)17-9-13-10-18-19(11-13)7-8-20-15-5-3-14(16)4-6-15/h3-6,10-12,17H,7-9H2,1-2H3. The first-order valence-corrected chi connectivity index (χ1v) is 7.56. The number of halogens is 1. The second-order valence-electron chi connectivity index (χ2n) is 4.95. The van der Waals surface area contributed by atoms with E-state index in [2.05, 4.69) is 46.4 Å². The van der Waals surface area contributed by atoms with Crippen LogP contribution in [-0.4, -0.2) is 22.4 Å². The second-order valence-corrected chi connectivity index (χ2v) is 5.87. The minimum absolute atomic E-state index is 0.485. The Kier molecular flexibility index (Phi) is 5.61. The van der Waals surface area contributed by atoms with Crippen LogP contribution in [0.25, 0.3) is 0 Å². The van der Waals surface area contributed by atoms with Gasteiger partial charge in [0.15, 0.2) is 0 Å². The highest BCUT2D eigenvalue weighted by Gasteiger charge is 2.00. The molecule has 2 rings (SSSR count). The van der Waals surface area contributed by atoms with Gasteiger partial charge in [-0.2, -0.15) is 5.10 Å². The van der Waals surface area contributed by atoms with Crippen molar-refractivity contribution in [3.63, 3.8) is 0 Å². The number of hydrogen-bond acceptors (Lipinski definition) is 3. The Hall–Kier alpha value is -1.33. The lowest BCUT2D eigenvalue weighted by Gasteiger charge is -2.06. The molecule has 5 heteroatoms. The first-order chi connectivity index (χ1) is 9.63. The lowest BCUT2D eigenvalue weighted by Crippen LogP contribution is -2.21. The van der Waals surface area contributed by atoms with Crippen LogP contribution in [0.15, 0.2) is 41.1 Å². The fourth-order valence-corrected chi connectivity index (χ4v) is 1.99. The van der Waals surface area contributed by atoms with E-state index < -0.39 is 0 Å². The summed E-state index contributed by atoms with van der Waals surface area (Å²) in [5.74, 6) is 0.877. The molecule has 0 aliphatic rings. The zero-order valence-corrected chi connectivity index (χ0v) is 13.4. The van der Waals surface area contributed by atoms with Crippen molar-refractivity contribution in [1.82, 2.24) is 15.1 Å². The maximum atomic E-state index is 5.68. The van der Waals surface area contributed by atoms with E-state index in [4.69, 9.17) is 4.74 Å². The van der Waals surface area contributed by atoms with Crippen molar-refractivity contribution in [2.24, 2.45) is 0 Å². The molecule has 20 heavy (non-hydrogen) atoms. The first kappa shape index (κ1) is 15.1. The second kappa shape index (κ2) is 7.45. The van der Waals surface area contributed by atoms with Crippen LogP contribution in [0.1, 0.15) is 19.4 Å². The van der Waals surface area contributed by atoms with Gasteiger partial charge in [-0.15, -0.1) is 0 Å². The van der Waals surface area contributed by atoms with E-state index in [1.165, 1.54) is 5.56 Å². The van der Waals surface area contributed by atoms with Crippen LogP contribution in [0.3, 0.4) is 0 Å². The molecular formula is C15H20BrN3O. The number of nitrogens with one attached hydrogen (secondary N) is 1. The average Bonchev–Trinajstić information content (AvgIpc) is 2.87. The van der Waals surface area contributed by atoms with E-state index in [0.29, 0.717) is 12.6 Å². The highest BCUT2D eigenvalue weighted by molar-refractivity contribution is 9.10. The van der Waals surface area contributed by atoms with Crippen LogP contribution in [-0.2, 0) is 13.1 Å². The van der Waals surface area contributed by atoms with E-state index in [1.54, 1.807) is 0 Å². The van der Waals surface area contributed by atoms with Crippen LogP contribution < -0.4 is 10.1 Å². The van der Waals surface area contributed by atoms with Crippen molar-refractivity contribution in [3.05, 3.63) is 46.7 Å². The Bertz CT molecular complexity index is 522. The number of nitrogens with zero attached hydrogens (tertiary/aromatic N) is 2. The number of benzene rings is 1. The van der Waals surface area contributed by atoms with E-state index in [0.717, 1.165) is 23.3 Å². The molecule has 0 atom stereocenters.